The van der Waals surface area contributed by atoms with Crippen molar-refractivity contribution in [3.05, 3.63) is 82.0 Å². The molecule has 3 aromatic rings. The molecule has 1 amide bonds. The summed E-state index contributed by atoms with van der Waals surface area (Å²) >= 11 is 1.70. The molecule has 0 saturated heterocycles. The highest BCUT2D eigenvalue weighted by Crippen LogP contribution is 2.35. The summed E-state index contributed by atoms with van der Waals surface area (Å²) in [5.41, 5.74) is 4.47. The first-order chi connectivity index (χ1) is 12.3. The van der Waals surface area contributed by atoms with E-state index < -0.39 is 0 Å². The Hall–Kier alpha value is -2.43. The van der Waals surface area contributed by atoms with E-state index in [0.717, 1.165) is 30.8 Å². The zero-order valence-electron chi connectivity index (χ0n) is 13.9. The summed E-state index contributed by atoms with van der Waals surface area (Å²) in [6.45, 7) is 1.04. The molecule has 0 bridgehead atoms. The number of hydrogen-bond acceptors (Lipinski definition) is 3. The normalized spacial score (nSPS) is 13.0. The highest BCUT2D eigenvalue weighted by Gasteiger charge is 2.24. The lowest BCUT2D eigenvalue weighted by Gasteiger charge is -2.25. The van der Waals surface area contributed by atoms with Gasteiger partial charge in [0.1, 0.15) is 0 Å². The zero-order valence-corrected chi connectivity index (χ0v) is 14.8. The average molecular weight is 348 g/mol. The Morgan fingerprint density at radius 1 is 0.920 bits per heavy atom. The zero-order chi connectivity index (χ0) is 17.1. The van der Waals surface area contributed by atoms with Crippen LogP contribution in [0.15, 0.2) is 66.0 Å². The summed E-state index contributed by atoms with van der Waals surface area (Å²) in [5, 5.41) is 5.34. The van der Waals surface area contributed by atoms with Gasteiger partial charge in [-0.3, -0.25) is 9.69 Å². The topological polar surface area (TPSA) is 32.3 Å². The SMILES string of the molecule is O=C(CNCc1cccs1)N1c2ccccc2CCc2ccccc21. The molecule has 0 aliphatic carbocycles. The molecule has 0 saturated carbocycles. The first-order valence-electron chi connectivity index (χ1n) is 8.55. The third-order valence-electron chi connectivity index (χ3n) is 4.53. The second-order valence-electron chi connectivity index (χ2n) is 6.17. The maximum absolute atomic E-state index is 13.1. The van der Waals surface area contributed by atoms with Crippen LogP contribution in [-0.2, 0) is 24.2 Å². The molecule has 1 N–H and O–H groups in total. The summed E-state index contributed by atoms with van der Waals surface area (Å²) in [4.78, 5) is 16.2. The van der Waals surface area contributed by atoms with Gasteiger partial charge in [-0.1, -0.05) is 42.5 Å². The van der Waals surface area contributed by atoms with Crippen LogP contribution in [0.4, 0.5) is 11.4 Å². The van der Waals surface area contributed by atoms with Gasteiger partial charge in [0.25, 0.3) is 0 Å². The highest BCUT2D eigenvalue weighted by molar-refractivity contribution is 7.09. The second-order valence-corrected chi connectivity index (χ2v) is 7.20. The lowest BCUT2D eigenvalue weighted by Crippen LogP contribution is -2.35. The largest absolute Gasteiger partial charge is 0.303 e. The van der Waals surface area contributed by atoms with Gasteiger partial charge in [-0.05, 0) is 47.5 Å². The van der Waals surface area contributed by atoms with Crippen LogP contribution in [-0.4, -0.2) is 12.5 Å². The molecule has 0 atom stereocenters. The molecule has 25 heavy (non-hydrogen) atoms. The molecule has 0 fully saturated rings. The van der Waals surface area contributed by atoms with E-state index in [1.54, 1.807) is 11.3 Å². The summed E-state index contributed by atoms with van der Waals surface area (Å²) < 4.78 is 0. The number of thiophene rings is 1. The minimum atomic E-state index is 0.0818. The molecule has 2 heterocycles. The third-order valence-corrected chi connectivity index (χ3v) is 5.41. The Morgan fingerprint density at radius 2 is 1.56 bits per heavy atom. The second kappa shape index (κ2) is 7.21. The molecule has 0 unspecified atom stereocenters. The van der Waals surface area contributed by atoms with Gasteiger partial charge >= 0.3 is 0 Å². The highest BCUT2D eigenvalue weighted by atomic mass is 32.1. The quantitative estimate of drug-likeness (QED) is 0.762. The number of aryl methyl sites for hydroxylation is 2. The molecule has 1 aliphatic heterocycles. The summed E-state index contributed by atoms with van der Waals surface area (Å²) in [5.74, 6) is 0.0818. The number of rotatable bonds is 4. The number of nitrogens with one attached hydrogen (secondary N) is 1. The lowest BCUT2D eigenvalue weighted by atomic mass is 10.0. The van der Waals surface area contributed by atoms with Crippen LogP contribution in [0.2, 0.25) is 0 Å². The van der Waals surface area contributed by atoms with E-state index in [4.69, 9.17) is 0 Å². The van der Waals surface area contributed by atoms with Crippen molar-refractivity contribution in [3.63, 3.8) is 0 Å². The van der Waals surface area contributed by atoms with Crippen LogP contribution in [0, 0.1) is 0 Å². The van der Waals surface area contributed by atoms with Gasteiger partial charge in [-0.2, -0.15) is 0 Å². The first-order valence-corrected chi connectivity index (χ1v) is 9.43. The Labute approximate surface area is 151 Å². The van der Waals surface area contributed by atoms with Gasteiger partial charge in [0.2, 0.25) is 5.91 Å². The molecule has 126 valence electrons. The molecular weight excluding hydrogens is 328 g/mol. The molecule has 4 heteroatoms. The fraction of sp³-hybridized carbons (Fsp3) is 0.190. The van der Waals surface area contributed by atoms with Crippen LogP contribution in [0.1, 0.15) is 16.0 Å². The number of benzene rings is 2. The minimum absolute atomic E-state index is 0.0818. The van der Waals surface area contributed by atoms with Crippen LogP contribution < -0.4 is 10.2 Å². The number of nitrogens with zero attached hydrogens (tertiary/aromatic N) is 1. The van der Waals surface area contributed by atoms with Gasteiger partial charge < -0.3 is 5.32 Å². The first kappa shape index (κ1) is 16.1. The van der Waals surface area contributed by atoms with E-state index in [1.165, 1.54) is 16.0 Å². The fourth-order valence-corrected chi connectivity index (χ4v) is 4.01. The maximum atomic E-state index is 13.1. The number of fused-ring (bicyclic) bond motifs is 2. The Bertz CT molecular complexity index is 826. The van der Waals surface area contributed by atoms with Crippen molar-refractivity contribution in [2.45, 2.75) is 19.4 Å². The van der Waals surface area contributed by atoms with Gasteiger partial charge in [-0.15, -0.1) is 11.3 Å². The molecule has 0 radical (unpaired) electrons. The van der Waals surface area contributed by atoms with Crippen LogP contribution in [0.5, 0.6) is 0 Å². The summed E-state index contributed by atoms with van der Waals surface area (Å²) in [6, 6.07) is 20.6. The van der Waals surface area contributed by atoms with E-state index in [-0.39, 0.29) is 5.91 Å². The van der Waals surface area contributed by atoms with Crippen molar-refractivity contribution in [2.24, 2.45) is 0 Å². The minimum Gasteiger partial charge on any atom is -0.303 e. The van der Waals surface area contributed by atoms with E-state index >= 15 is 0 Å². The van der Waals surface area contributed by atoms with Crippen molar-refractivity contribution >= 4 is 28.6 Å². The number of carbonyl (C=O) groups excluding carboxylic acids is 1. The van der Waals surface area contributed by atoms with Crippen LogP contribution >= 0.6 is 11.3 Å². The van der Waals surface area contributed by atoms with Crippen molar-refractivity contribution < 1.29 is 4.79 Å². The summed E-state index contributed by atoms with van der Waals surface area (Å²) in [7, 11) is 0. The number of carbonyl (C=O) groups is 1. The fourth-order valence-electron chi connectivity index (χ4n) is 3.33. The van der Waals surface area contributed by atoms with E-state index in [9.17, 15) is 4.79 Å². The molecule has 1 aromatic heterocycles. The van der Waals surface area contributed by atoms with E-state index in [1.807, 2.05) is 35.2 Å². The Balaban J connectivity index is 1.61. The average Bonchev–Trinajstić information content (AvgIpc) is 3.09. The smallest absolute Gasteiger partial charge is 0.245 e. The van der Waals surface area contributed by atoms with Crippen molar-refractivity contribution in [3.8, 4) is 0 Å². The number of hydrogen-bond donors (Lipinski definition) is 1. The molecule has 3 nitrogen and oxygen atoms in total. The molecule has 1 aliphatic rings. The predicted molar refractivity (Wildman–Crippen MR) is 103 cm³/mol. The Morgan fingerprint density at radius 3 is 2.16 bits per heavy atom. The van der Waals surface area contributed by atoms with Crippen molar-refractivity contribution in [2.75, 3.05) is 11.4 Å². The predicted octanol–water partition coefficient (Wildman–Crippen LogP) is 4.30. The lowest BCUT2D eigenvalue weighted by molar-refractivity contribution is -0.117. The number of anilines is 2. The summed E-state index contributed by atoms with van der Waals surface area (Å²) in [6.07, 6.45) is 1.92. The van der Waals surface area contributed by atoms with Crippen molar-refractivity contribution in [1.82, 2.24) is 5.32 Å². The van der Waals surface area contributed by atoms with Crippen LogP contribution in [0.3, 0.4) is 0 Å². The molecule has 0 spiro atoms. The van der Waals surface area contributed by atoms with Crippen molar-refractivity contribution in [1.29, 1.82) is 0 Å². The van der Waals surface area contributed by atoms with Crippen LogP contribution in [0.25, 0.3) is 0 Å². The molecule has 2 aromatic carbocycles. The van der Waals surface area contributed by atoms with E-state index in [2.05, 4.69) is 41.0 Å². The molecule has 4 rings (SSSR count). The Kier molecular flexibility index (Phi) is 4.63. The van der Waals surface area contributed by atoms with Gasteiger partial charge in [0.05, 0.1) is 17.9 Å². The van der Waals surface area contributed by atoms with E-state index in [0.29, 0.717) is 6.54 Å². The number of para-hydroxylation sites is 2. The third kappa shape index (κ3) is 3.36. The monoisotopic (exact) mass is 348 g/mol. The maximum Gasteiger partial charge on any atom is 0.245 e. The molecular formula is C21H20N2OS. The van der Waals surface area contributed by atoms with Gasteiger partial charge in [0.15, 0.2) is 0 Å². The van der Waals surface area contributed by atoms with Gasteiger partial charge in [0, 0.05) is 11.4 Å². The standard InChI is InChI=1S/C21H20N2OS/c24-21(15-22-14-18-8-5-13-25-18)23-19-9-3-1-6-16(19)11-12-17-7-2-4-10-20(17)23/h1-10,13,22H,11-12,14-15H2. The number of amides is 1. The van der Waals surface area contributed by atoms with Gasteiger partial charge in [-0.25, -0.2) is 0 Å².